The molecular weight excluding hydrogens is 403 g/mol. The van der Waals surface area contributed by atoms with Crippen LogP contribution in [0.4, 0.5) is 4.39 Å². The summed E-state index contributed by atoms with van der Waals surface area (Å²) in [5, 5.41) is 11.1. The number of nitriles is 1. The molecule has 1 aliphatic rings. The lowest BCUT2D eigenvalue weighted by Gasteiger charge is -2.37. The van der Waals surface area contributed by atoms with Gasteiger partial charge in [-0.1, -0.05) is 23.7 Å². The maximum absolute atomic E-state index is 13.2. The Morgan fingerprint density at radius 2 is 1.83 bits per heavy atom. The quantitative estimate of drug-likeness (QED) is 0.629. The number of amides is 1. The maximum atomic E-state index is 13.2. The van der Waals surface area contributed by atoms with Gasteiger partial charge in [-0.2, -0.15) is 5.26 Å². The fourth-order valence-corrected chi connectivity index (χ4v) is 4.01. The zero-order valence-corrected chi connectivity index (χ0v) is 17.2. The number of carbonyl (C=O) groups is 1. The number of nitrogens with zero attached hydrogens (tertiary/aromatic N) is 4. The highest BCUT2D eigenvalue weighted by Crippen LogP contribution is 2.24. The Bertz CT molecular complexity index is 1130. The van der Waals surface area contributed by atoms with Gasteiger partial charge in [0.25, 0.3) is 5.91 Å². The van der Waals surface area contributed by atoms with Crippen molar-refractivity contribution in [2.45, 2.75) is 13.0 Å². The molecule has 0 spiro atoms. The molecule has 0 N–H and O–H groups in total. The molecule has 0 unspecified atom stereocenters. The van der Waals surface area contributed by atoms with Crippen LogP contribution < -0.4 is 0 Å². The number of rotatable bonds is 3. The summed E-state index contributed by atoms with van der Waals surface area (Å²) in [5.74, 6) is -0.400. The molecule has 1 amide bonds. The van der Waals surface area contributed by atoms with E-state index in [-0.39, 0.29) is 11.7 Å². The van der Waals surface area contributed by atoms with Gasteiger partial charge in [0.1, 0.15) is 11.9 Å². The molecule has 2 heterocycles. The standard InChI is InChI=1S/C23H20ClFN4O/c1-15-20(13-17-12-18(24)4-7-21(17)27-15)23(30)29-10-8-28(9-11-29)22(14-26)16-2-5-19(25)6-3-16/h2-7,12-13,22H,8-11H2,1H3/t22-/m0/s1. The van der Waals surface area contributed by atoms with E-state index in [1.165, 1.54) is 12.1 Å². The van der Waals surface area contributed by atoms with E-state index in [9.17, 15) is 14.4 Å². The number of aryl methyl sites for hydroxylation is 1. The second-order valence-corrected chi connectivity index (χ2v) is 7.81. The van der Waals surface area contributed by atoms with Crippen molar-refractivity contribution < 1.29 is 9.18 Å². The van der Waals surface area contributed by atoms with E-state index < -0.39 is 6.04 Å². The maximum Gasteiger partial charge on any atom is 0.255 e. The molecule has 30 heavy (non-hydrogen) atoms. The molecule has 5 nitrogen and oxygen atoms in total. The summed E-state index contributed by atoms with van der Waals surface area (Å²) < 4.78 is 13.2. The van der Waals surface area contributed by atoms with Gasteiger partial charge < -0.3 is 4.90 Å². The van der Waals surface area contributed by atoms with Gasteiger partial charge in [-0.25, -0.2) is 4.39 Å². The third kappa shape index (κ3) is 4.00. The minimum absolute atomic E-state index is 0.0724. The van der Waals surface area contributed by atoms with Crippen LogP contribution in [-0.4, -0.2) is 46.9 Å². The van der Waals surface area contributed by atoms with Gasteiger partial charge in [0.15, 0.2) is 0 Å². The van der Waals surface area contributed by atoms with E-state index in [1.54, 1.807) is 29.2 Å². The first kappa shape index (κ1) is 20.3. The number of fused-ring (bicyclic) bond motifs is 1. The molecule has 1 atom stereocenters. The Kier molecular flexibility index (Phi) is 5.67. The lowest BCUT2D eigenvalue weighted by atomic mass is 10.0. The van der Waals surface area contributed by atoms with Crippen molar-refractivity contribution in [3.63, 3.8) is 0 Å². The largest absolute Gasteiger partial charge is 0.336 e. The second-order valence-electron chi connectivity index (χ2n) is 7.37. The van der Waals surface area contributed by atoms with Crippen LogP contribution in [0.25, 0.3) is 10.9 Å². The first-order valence-corrected chi connectivity index (χ1v) is 10.1. The average Bonchev–Trinajstić information content (AvgIpc) is 2.75. The van der Waals surface area contributed by atoms with Crippen molar-refractivity contribution in [1.29, 1.82) is 5.26 Å². The van der Waals surface area contributed by atoms with Gasteiger partial charge in [-0.15, -0.1) is 0 Å². The van der Waals surface area contributed by atoms with Crippen molar-refractivity contribution in [2.75, 3.05) is 26.2 Å². The van der Waals surface area contributed by atoms with Crippen LogP contribution in [0.5, 0.6) is 0 Å². The summed E-state index contributed by atoms with van der Waals surface area (Å²) in [6, 6.07) is 15.1. The minimum atomic E-state index is -0.464. The number of hydrogen-bond acceptors (Lipinski definition) is 4. The van der Waals surface area contributed by atoms with Crippen molar-refractivity contribution >= 4 is 28.4 Å². The molecule has 0 radical (unpaired) electrons. The van der Waals surface area contributed by atoms with E-state index in [0.29, 0.717) is 42.5 Å². The smallest absolute Gasteiger partial charge is 0.255 e. The second kappa shape index (κ2) is 8.39. The van der Waals surface area contributed by atoms with Crippen molar-refractivity contribution in [3.8, 4) is 6.07 Å². The summed E-state index contributed by atoms with van der Waals surface area (Å²) in [4.78, 5) is 21.5. The first-order valence-electron chi connectivity index (χ1n) is 9.71. The minimum Gasteiger partial charge on any atom is -0.336 e. The topological polar surface area (TPSA) is 60.2 Å². The van der Waals surface area contributed by atoms with Crippen molar-refractivity contribution in [2.24, 2.45) is 0 Å². The first-order chi connectivity index (χ1) is 14.5. The Morgan fingerprint density at radius 3 is 2.50 bits per heavy atom. The highest BCUT2D eigenvalue weighted by Gasteiger charge is 2.28. The molecular formula is C23H20ClFN4O. The zero-order valence-electron chi connectivity index (χ0n) is 16.5. The number of aromatic nitrogens is 1. The van der Waals surface area contributed by atoms with Gasteiger partial charge >= 0.3 is 0 Å². The van der Waals surface area contributed by atoms with Gasteiger partial charge in [0.2, 0.25) is 0 Å². The summed E-state index contributed by atoms with van der Waals surface area (Å²) in [5.41, 5.74) is 2.80. The highest BCUT2D eigenvalue weighted by atomic mass is 35.5. The normalized spacial score (nSPS) is 15.7. The summed E-state index contributed by atoms with van der Waals surface area (Å²) >= 11 is 6.08. The molecule has 1 aromatic heterocycles. The Hall–Kier alpha value is -3.01. The van der Waals surface area contributed by atoms with Crippen molar-refractivity contribution in [3.05, 3.63) is 76.2 Å². The molecule has 1 saturated heterocycles. The number of halogens is 2. The molecule has 1 fully saturated rings. The third-order valence-corrected chi connectivity index (χ3v) is 5.71. The van der Waals surface area contributed by atoms with Gasteiger partial charge in [0.05, 0.1) is 22.8 Å². The Labute approximate surface area is 179 Å². The third-order valence-electron chi connectivity index (χ3n) is 5.47. The highest BCUT2D eigenvalue weighted by molar-refractivity contribution is 6.31. The predicted octanol–water partition coefficient (Wildman–Crippen LogP) is 4.36. The van der Waals surface area contributed by atoms with E-state index in [1.807, 2.05) is 24.0 Å². The molecule has 0 bridgehead atoms. The van der Waals surface area contributed by atoms with Crippen LogP contribution in [0.3, 0.4) is 0 Å². The van der Waals surface area contributed by atoms with Crippen LogP contribution in [0.1, 0.15) is 27.7 Å². The lowest BCUT2D eigenvalue weighted by Crippen LogP contribution is -2.49. The average molecular weight is 423 g/mol. The molecule has 7 heteroatoms. The number of pyridine rings is 1. The molecule has 152 valence electrons. The van der Waals surface area contributed by atoms with Crippen LogP contribution in [0.15, 0.2) is 48.5 Å². The molecule has 3 aromatic rings. The number of carbonyl (C=O) groups excluding carboxylic acids is 1. The summed E-state index contributed by atoms with van der Waals surface area (Å²) in [7, 11) is 0. The van der Waals surface area contributed by atoms with Crippen LogP contribution in [0, 0.1) is 24.1 Å². The SMILES string of the molecule is Cc1nc2ccc(Cl)cc2cc1C(=O)N1CCN([C@@H](C#N)c2ccc(F)cc2)CC1. The van der Waals surface area contributed by atoms with Gasteiger partial charge in [0, 0.05) is 36.6 Å². The summed E-state index contributed by atoms with van der Waals surface area (Å²) in [6.45, 7) is 3.97. The Balaban J connectivity index is 1.49. The predicted molar refractivity (Wildman–Crippen MR) is 114 cm³/mol. The van der Waals surface area contributed by atoms with Crippen LogP contribution in [-0.2, 0) is 0 Å². The number of piperazine rings is 1. The molecule has 0 aliphatic carbocycles. The van der Waals surface area contributed by atoms with E-state index in [0.717, 1.165) is 16.5 Å². The lowest BCUT2D eigenvalue weighted by molar-refractivity contribution is 0.0605. The molecule has 1 aliphatic heterocycles. The van der Waals surface area contributed by atoms with Gasteiger partial charge in [-0.05, 0) is 48.9 Å². The van der Waals surface area contributed by atoms with Gasteiger partial charge in [-0.3, -0.25) is 14.7 Å². The van der Waals surface area contributed by atoms with E-state index in [2.05, 4.69) is 11.1 Å². The van der Waals surface area contributed by atoms with E-state index >= 15 is 0 Å². The number of hydrogen-bond donors (Lipinski definition) is 0. The fourth-order valence-electron chi connectivity index (χ4n) is 3.83. The zero-order chi connectivity index (χ0) is 21.3. The molecule has 2 aromatic carbocycles. The fraction of sp³-hybridized carbons (Fsp3) is 0.261. The number of benzene rings is 2. The van der Waals surface area contributed by atoms with Crippen LogP contribution >= 0.6 is 11.6 Å². The van der Waals surface area contributed by atoms with Crippen LogP contribution in [0.2, 0.25) is 5.02 Å². The Morgan fingerprint density at radius 1 is 1.13 bits per heavy atom. The van der Waals surface area contributed by atoms with E-state index in [4.69, 9.17) is 11.6 Å². The van der Waals surface area contributed by atoms with Crippen molar-refractivity contribution in [1.82, 2.24) is 14.8 Å². The molecule has 0 saturated carbocycles. The summed E-state index contributed by atoms with van der Waals surface area (Å²) in [6.07, 6.45) is 0. The molecule has 4 rings (SSSR count). The monoisotopic (exact) mass is 422 g/mol.